The number of benzene rings is 1. The standard InChI is InChI=1S/C13H17Cl2NO3/c1-16-8-9-6-10(14)7-11(15)13(9)19-5-3-4-12(17)18-2/h6-7,16H,3-5,8H2,1-2H3. The highest BCUT2D eigenvalue weighted by Crippen LogP contribution is 2.32. The van der Waals surface area contributed by atoms with Gasteiger partial charge in [0.2, 0.25) is 0 Å². The van der Waals surface area contributed by atoms with E-state index in [1.807, 2.05) is 7.05 Å². The van der Waals surface area contributed by atoms with Crippen molar-refractivity contribution in [1.82, 2.24) is 5.32 Å². The van der Waals surface area contributed by atoms with Crippen LogP contribution in [-0.2, 0) is 16.1 Å². The highest BCUT2D eigenvalue weighted by atomic mass is 35.5. The van der Waals surface area contributed by atoms with Crippen molar-refractivity contribution in [2.24, 2.45) is 0 Å². The second-order valence-corrected chi connectivity index (χ2v) is 4.78. The summed E-state index contributed by atoms with van der Waals surface area (Å²) >= 11 is 12.1. The van der Waals surface area contributed by atoms with E-state index in [9.17, 15) is 4.79 Å². The van der Waals surface area contributed by atoms with Gasteiger partial charge in [-0.1, -0.05) is 23.2 Å². The van der Waals surface area contributed by atoms with Crippen LogP contribution in [0.4, 0.5) is 0 Å². The Morgan fingerprint density at radius 1 is 1.37 bits per heavy atom. The van der Waals surface area contributed by atoms with Crippen LogP contribution in [0.25, 0.3) is 0 Å². The molecule has 0 heterocycles. The van der Waals surface area contributed by atoms with Crippen molar-refractivity contribution < 1.29 is 14.3 Å². The van der Waals surface area contributed by atoms with Gasteiger partial charge in [0, 0.05) is 23.6 Å². The van der Waals surface area contributed by atoms with Gasteiger partial charge in [0.15, 0.2) is 0 Å². The van der Waals surface area contributed by atoms with Crippen LogP contribution in [0.1, 0.15) is 18.4 Å². The molecule has 19 heavy (non-hydrogen) atoms. The van der Waals surface area contributed by atoms with E-state index in [2.05, 4.69) is 10.1 Å². The molecule has 0 unspecified atom stereocenters. The second kappa shape index (κ2) is 8.25. The molecule has 0 saturated heterocycles. The van der Waals surface area contributed by atoms with Gasteiger partial charge in [0.1, 0.15) is 5.75 Å². The summed E-state index contributed by atoms with van der Waals surface area (Å²) < 4.78 is 10.2. The third-order valence-electron chi connectivity index (χ3n) is 2.45. The Balaban J connectivity index is 2.63. The van der Waals surface area contributed by atoms with Gasteiger partial charge in [-0.2, -0.15) is 0 Å². The van der Waals surface area contributed by atoms with E-state index in [0.29, 0.717) is 41.8 Å². The molecule has 0 atom stereocenters. The van der Waals surface area contributed by atoms with Crippen molar-refractivity contribution in [1.29, 1.82) is 0 Å². The predicted octanol–water partition coefficient (Wildman–Crippen LogP) is 3.04. The van der Waals surface area contributed by atoms with E-state index in [-0.39, 0.29) is 5.97 Å². The number of hydrogen-bond acceptors (Lipinski definition) is 4. The topological polar surface area (TPSA) is 47.6 Å². The van der Waals surface area contributed by atoms with E-state index in [0.717, 1.165) is 5.56 Å². The Hall–Kier alpha value is -0.970. The molecule has 0 bridgehead atoms. The maximum absolute atomic E-state index is 11.0. The molecule has 0 aliphatic heterocycles. The molecule has 0 radical (unpaired) electrons. The van der Waals surface area contributed by atoms with Gasteiger partial charge in [0.05, 0.1) is 18.7 Å². The van der Waals surface area contributed by atoms with Crippen LogP contribution in [0, 0.1) is 0 Å². The summed E-state index contributed by atoms with van der Waals surface area (Å²) in [7, 11) is 3.19. The Kier molecular flexibility index (Phi) is 6.99. The third kappa shape index (κ3) is 5.27. The first-order valence-electron chi connectivity index (χ1n) is 5.90. The second-order valence-electron chi connectivity index (χ2n) is 3.93. The van der Waals surface area contributed by atoms with E-state index in [4.69, 9.17) is 27.9 Å². The van der Waals surface area contributed by atoms with Crippen LogP contribution < -0.4 is 10.1 Å². The zero-order valence-corrected chi connectivity index (χ0v) is 12.5. The molecule has 0 aromatic heterocycles. The number of nitrogens with one attached hydrogen (secondary N) is 1. The lowest BCUT2D eigenvalue weighted by atomic mass is 10.2. The summed E-state index contributed by atoms with van der Waals surface area (Å²) in [5.74, 6) is 0.353. The van der Waals surface area contributed by atoms with Crippen LogP contribution >= 0.6 is 23.2 Å². The van der Waals surface area contributed by atoms with Crippen molar-refractivity contribution in [3.63, 3.8) is 0 Å². The van der Waals surface area contributed by atoms with Crippen molar-refractivity contribution in [3.05, 3.63) is 27.7 Å². The number of halogens is 2. The normalized spacial score (nSPS) is 10.3. The number of ether oxygens (including phenoxy) is 2. The van der Waals surface area contributed by atoms with Gasteiger partial charge < -0.3 is 14.8 Å². The third-order valence-corrected chi connectivity index (χ3v) is 2.95. The molecule has 1 rings (SSSR count). The molecule has 1 N–H and O–H groups in total. The molecule has 0 spiro atoms. The number of methoxy groups -OCH3 is 1. The maximum atomic E-state index is 11.0. The maximum Gasteiger partial charge on any atom is 0.305 e. The summed E-state index contributed by atoms with van der Waals surface area (Å²) in [4.78, 5) is 11.0. The summed E-state index contributed by atoms with van der Waals surface area (Å²) in [6.45, 7) is 1.000. The lowest BCUT2D eigenvalue weighted by Gasteiger charge is -2.13. The molecule has 0 aliphatic carbocycles. The summed E-state index contributed by atoms with van der Waals surface area (Å²) in [5.41, 5.74) is 0.887. The Morgan fingerprint density at radius 2 is 2.11 bits per heavy atom. The monoisotopic (exact) mass is 305 g/mol. The molecule has 0 saturated carbocycles. The quantitative estimate of drug-likeness (QED) is 0.621. The van der Waals surface area contributed by atoms with Crippen LogP contribution in [0.2, 0.25) is 10.0 Å². The number of carbonyl (C=O) groups excluding carboxylic acids is 1. The zero-order chi connectivity index (χ0) is 14.3. The molecule has 6 heteroatoms. The van der Waals surface area contributed by atoms with Crippen LogP contribution in [-0.4, -0.2) is 26.7 Å². The summed E-state index contributed by atoms with van der Waals surface area (Å²) in [5, 5.41) is 4.06. The van der Waals surface area contributed by atoms with E-state index in [1.54, 1.807) is 12.1 Å². The summed E-state index contributed by atoms with van der Waals surface area (Å²) in [6, 6.07) is 3.44. The van der Waals surface area contributed by atoms with Crippen molar-refractivity contribution in [3.8, 4) is 5.75 Å². The first kappa shape index (κ1) is 16.1. The zero-order valence-electron chi connectivity index (χ0n) is 11.0. The smallest absolute Gasteiger partial charge is 0.305 e. The molecule has 0 fully saturated rings. The Morgan fingerprint density at radius 3 is 2.74 bits per heavy atom. The molecular formula is C13H17Cl2NO3. The van der Waals surface area contributed by atoms with Crippen LogP contribution in [0.5, 0.6) is 5.75 Å². The SMILES string of the molecule is CNCc1cc(Cl)cc(Cl)c1OCCCC(=O)OC. The molecule has 1 aromatic carbocycles. The van der Waals surface area contributed by atoms with Crippen LogP contribution in [0.3, 0.4) is 0 Å². The fourth-order valence-electron chi connectivity index (χ4n) is 1.59. The number of hydrogen-bond donors (Lipinski definition) is 1. The average molecular weight is 306 g/mol. The minimum atomic E-state index is -0.249. The average Bonchev–Trinajstić information content (AvgIpc) is 2.36. The predicted molar refractivity (Wildman–Crippen MR) is 76.0 cm³/mol. The van der Waals surface area contributed by atoms with Crippen molar-refractivity contribution in [2.45, 2.75) is 19.4 Å². The fourth-order valence-corrected chi connectivity index (χ4v) is 2.18. The molecule has 1 aromatic rings. The lowest BCUT2D eigenvalue weighted by Crippen LogP contribution is -2.09. The Bertz CT molecular complexity index is 438. The number of esters is 1. The number of carbonyl (C=O) groups is 1. The highest BCUT2D eigenvalue weighted by Gasteiger charge is 2.10. The molecule has 4 nitrogen and oxygen atoms in total. The largest absolute Gasteiger partial charge is 0.492 e. The van der Waals surface area contributed by atoms with Crippen molar-refractivity contribution in [2.75, 3.05) is 20.8 Å². The van der Waals surface area contributed by atoms with Gasteiger partial charge in [-0.25, -0.2) is 0 Å². The van der Waals surface area contributed by atoms with Crippen molar-refractivity contribution >= 4 is 29.2 Å². The molecule has 106 valence electrons. The van der Waals surface area contributed by atoms with Gasteiger partial charge in [-0.15, -0.1) is 0 Å². The van der Waals surface area contributed by atoms with E-state index in [1.165, 1.54) is 7.11 Å². The van der Waals surface area contributed by atoms with Gasteiger partial charge in [-0.3, -0.25) is 4.79 Å². The van der Waals surface area contributed by atoms with E-state index < -0.39 is 0 Å². The van der Waals surface area contributed by atoms with Crippen LogP contribution in [0.15, 0.2) is 12.1 Å². The minimum Gasteiger partial charge on any atom is -0.492 e. The minimum absolute atomic E-state index is 0.249. The molecule has 0 amide bonds. The molecular weight excluding hydrogens is 289 g/mol. The molecule has 0 aliphatic rings. The first-order chi connectivity index (χ1) is 9.08. The first-order valence-corrected chi connectivity index (χ1v) is 6.66. The van der Waals surface area contributed by atoms with Gasteiger partial charge >= 0.3 is 5.97 Å². The Labute approximate surface area is 123 Å². The summed E-state index contributed by atoms with van der Waals surface area (Å²) in [6.07, 6.45) is 0.897. The lowest BCUT2D eigenvalue weighted by molar-refractivity contribution is -0.140. The fraction of sp³-hybridized carbons (Fsp3) is 0.462. The van der Waals surface area contributed by atoms with Gasteiger partial charge in [-0.05, 0) is 25.6 Å². The van der Waals surface area contributed by atoms with E-state index >= 15 is 0 Å². The van der Waals surface area contributed by atoms with Gasteiger partial charge in [0.25, 0.3) is 0 Å². The number of rotatable bonds is 7. The highest BCUT2D eigenvalue weighted by molar-refractivity contribution is 6.35.